The van der Waals surface area contributed by atoms with Crippen molar-refractivity contribution >= 4 is 21.7 Å². The predicted molar refractivity (Wildman–Crippen MR) is 68.9 cm³/mol. The van der Waals surface area contributed by atoms with Crippen molar-refractivity contribution < 1.29 is 4.74 Å². The number of rotatable bonds is 1. The van der Waals surface area contributed by atoms with Crippen LogP contribution in [0, 0.1) is 6.92 Å². The molecule has 3 nitrogen and oxygen atoms in total. The molecule has 0 aliphatic carbocycles. The van der Waals surface area contributed by atoms with Crippen molar-refractivity contribution in [2.45, 2.75) is 32.9 Å². The smallest absolute Gasteiger partial charge is 0.129 e. The van der Waals surface area contributed by atoms with Crippen LogP contribution in [-0.2, 0) is 4.74 Å². The number of aromatic nitrogens is 1. The summed E-state index contributed by atoms with van der Waals surface area (Å²) < 4.78 is 6.68. The van der Waals surface area contributed by atoms with Gasteiger partial charge >= 0.3 is 0 Å². The van der Waals surface area contributed by atoms with Crippen LogP contribution in [0.2, 0.25) is 0 Å². The molecule has 1 aromatic heterocycles. The van der Waals surface area contributed by atoms with Crippen LogP contribution in [0.1, 0.15) is 19.5 Å². The Morgan fingerprint density at radius 2 is 2.19 bits per heavy atom. The molecule has 0 saturated carbocycles. The van der Waals surface area contributed by atoms with E-state index >= 15 is 0 Å². The van der Waals surface area contributed by atoms with Crippen LogP contribution >= 0.6 is 15.9 Å². The molecule has 2 heterocycles. The summed E-state index contributed by atoms with van der Waals surface area (Å²) in [7, 11) is 0. The van der Waals surface area contributed by atoms with Gasteiger partial charge in [-0.05, 0) is 48.8 Å². The molecule has 1 fully saturated rings. The maximum absolute atomic E-state index is 5.62. The summed E-state index contributed by atoms with van der Waals surface area (Å²) in [5, 5.41) is 0. The van der Waals surface area contributed by atoms with Crippen molar-refractivity contribution in [3.8, 4) is 0 Å². The standard InChI is InChI=1S/C12H17BrN2O/c1-8-7-16-9(2)6-15(8)12-5-4-11(13)10(3)14-12/h4-5,8-9H,6-7H2,1-3H3. The van der Waals surface area contributed by atoms with Gasteiger partial charge in [0.25, 0.3) is 0 Å². The van der Waals surface area contributed by atoms with Gasteiger partial charge in [-0.2, -0.15) is 0 Å². The van der Waals surface area contributed by atoms with Gasteiger partial charge in [0.05, 0.1) is 24.4 Å². The third-order valence-corrected chi connectivity index (χ3v) is 3.75. The number of aryl methyl sites for hydroxylation is 1. The van der Waals surface area contributed by atoms with Gasteiger partial charge in [0, 0.05) is 11.0 Å². The van der Waals surface area contributed by atoms with Gasteiger partial charge in [-0.15, -0.1) is 0 Å². The number of morpholine rings is 1. The Bertz CT molecular complexity index is 383. The number of ether oxygens (including phenoxy) is 1. The molecule has 2 atom stereocenters. The van der Waals surface area contributed by atoms with E-state index in [0.29, 0.717) is 6.04 Å². The normalized spacial score (nSPS) is 25.9. The first-order valence-corrected chi connectivity index (χ1v) is 6.38. The highest BCUT2D eigenvalue weighted by Gasteiger charge is 2.24. The van der Waals surface area contributed by atoms with Crippen LogP contribution in [-0.4, -0.2) is 30.3 Å². The Morgan fingerprint density at radius 3 is 2.88 bits per heavy atom. The van der Waals surface area contributed by atoms with Gasteiger partial charge in [0.1, 0.15) is 5.82 Å². The van der Waals surface area contributed by atoms with Crippen LogP contribution in [0.4, 0.5) is 5.82 Å². The third-order valence-electron chi connectivity index (χ3n) is 2.91. The number of anilines is 1. The van der Waals surface area contributed by atoms with Crippen LogP contribution in [0.5, 0.6) is 0 Å². The number of halogens is 1. The first-order valence-electron chi connectivity index (χ1n) is 5.59. The molecule has 0 aromatic carbocycles. The van der Waals surface area contributed by atoms with Crippen LogP contribution in [0.15, 0.2) is 16.6 Å². The average molecular weight is 285 g/mol. The lowest BCUT2D eigenvalue weighted by molar-refractivity contribution is 0.0340. The van der Waals surface area contributed by atoms with Gasteiger partial charge in [-0.1, -0.05) is 0 Å². The van der Waals surface area contributed by atoms with Crippen LogP contribution in [0.3, 0.4) is 0 Å². The molecule has 16 heavy (non-hydrogen) atoms. The van der Waals surface area contributed by atoms with E-state index in [2.05, 4.69) is 51.8 Å². The molecule has 88 valence electrons. The van der Waals surface area contributed by atoms with Gasteiger partial charge in [-0.25, -0.2) is 4.98 Å². The van der Waals surface area contributed by atoms with E-state index in [-0.39, 0.29) is 6.10 Å². The average Bonchev–Trinajstić information content (AvgIpc) is 2.26. The van der Waals surface area contributed by atoms with Crippen molar-refractivity contribution in [1.82, 2.24) is 4.98 Å². The van der Waals surface area contributed by atoms with Crippen molar-refractivity contribution in [2.24, 2.45) is 0 Å². The minimum atomic E-state index is 0.280. The Morgan fingerprint density at radius 1 is 1.44 bits per heavy atom. The fourth-order valence-electron chi connectivity index (χ4n) is 1.91. The fraction of sp³-hybridized carbons (Fsp3) is 0.583. The molecule has 0 bridgehead atoms. The van der Waals surface area contributed by atoms with Gasteiger partial charge in [0.2, 0.25) is 0 Å². The zero-order valence-electron chi connectivity index (χ0n) is 9.90. The molecule has 2 rings (SSSR count). The third kappa shape index (κ3) is 2.38. The predicted octanol–water partition coefficient (Wildman–Crippen LogP) is 2.77. The Hall–Kier alpha value is -0.610. The van der Waals surface area contributed by atoms with Crippen molar-refractivity contribution in [2.75, 3.05) is 18.1 Å². The lowest BCUT2D eigenvalue weighted by atomic mass is 10.2. The summed E-state index contributed by atoms with van der Waals surface area (Å²) in [5.41, 5.74) is 1.03. The lowest BCUT2D eigenvalue weighted by Crippen LogP contribution is -2.47. The second kappa shape index (κ2) is 4.72. The Balaban J connectivity index is 2.24. The van der Waals surface area contributed by atoms with Crippen molar-refractivity contribution in [3.05, 3.63) is 22.3 Å². The highest BCUT2D eigenvalue weighted by atomic mass is 79.9. The highest BCUT2D eigenvalue weighted by Crippen LogP contribution is 2.23. The summed E-state index contributed by atoms with van der Waals surface area (Å²) in [5.74, 6) is 1.04. The van der Waals surface area contributed by atoms with Gasteiger partial charge in [-0.3, -0.25) is 0 Å². The molecule has 1 aliphatic heterocycles. The van der Waals surface area contributed by atoms with E-state index in [1.165, 1.54) is 0 Å². The molecule has 4 heteroatoms. The Kier molecular flexibility index (Phi) is 3.50. The number of hydrogen-bond donors (Lipinski definition) is 0. The minimum Gasteiger partial charge on any atom is -0.375 e. The maximum Gasteiger partial charge on any atom is 0.129 e. The molecular weight excluding hydrogens is 268 g/mol. The van der Waals surface area contributed by atoms with Crippen LogP contribution in [0.25, 0.3) is 0 Å². The topological polar surface area (TPSA) is 25.4 Å². The minimum absolute atomic E-state index is 0.280. The monoisotopic (exact) mass is 284 g/mol. The van der Waals surface area contributed by atoms with Gasteiger partial charge < -0.3 is 9.64 Å². The largest absolute Gasteiger partial charge is 0.375 e. The summed E-state index contributed by atoms with van der Waals surface area (Å²) in [6, 6.07) is 4.51. The van der Waals surface area contributed by atoms with E-state index in [1.54, 1.807) is 0 Å². The van der Waals surface area contributed by atoms with E-state index in [1.807, 2.05) is 6.92 Å². The van der Waals surface area contributed by atoms with E-state index in [4.69, 9.17) is 4.74 Å². The van der Waals surface area contributed by atoms with Crippen molar-refractivity contribution in [3.63, 3.8) is 0 Å². The summed E-state index contributed by atoms with van der Waals surface area (Å²) in [6.07, 6.45) is 0.280. The second-order valence-corrected chi connectivity index (χ2v) is 5.24. The molecule has 1 saturated heterocycles. The second-order valence-electron chi connectivity index (χ2n) is 4.38. The Labute approximate surface area is 105 Å². The van der Waals surface area contributed by atoms with E-state index < -0.39 is 0 Å². The highest BCUT2D eigenvalue weighted by molar-refractivity contribution is 9.10. The van der Waals surface area contributed by atoms with Gasteiger partial charge in [0.15, 0.2) is 0 Å². The number of pyridine rings is 1. The molecular formula is C12H17BrN2O. The summed E-state index contributed by atoms with van der Waals surface area (Å²) >= 11 is 3.47. The molecule has 0 N–H and O–H groups in total. The zero-order valence-corrected chi connectivity index (χ0v) is 11.5. The number of hydrogen-bond acceptors (Lipinski definition) is 3. The lowest BCUT2D eigenvalue weighted by Gasteiger charge is -2.37. The summed E-state index contributed by atoms with van der Waals surface area (Å²) in [4.78, 5) is 6.92. The molecule has 1 aliphatic rings. The molecule has 0 amide bonds. The van der Waals surface area contributed by atoms with Crippen LogP contribution < -0.4 is 4.90 Å². The molecule has 0 radical (unpaired) electrons. The van der Waals surface area contributed by atoms with E-state index in [9.17, 15) is 0 Å². The first kappa shape index (κ1) is 11.9. The molecule has 1 aromatic rings. The first-order chi connectivity index (χ1) is 7.58. The zero-order chi connectivity index (χ0) is 11.7. The van der Waals surface area contributed by atoms with Crippen molar-refractivity contribution in [1.29, 1.82) is 0 Å². The quantitative estimate of drug-likeness (QED) is 0.793. The molecule has 2 unspecified atom stereocenters. The van der Waals surface area contributed by atoms with E-state index in [0.717, 1.165) is 29.1 Å². The fourth-order valence-corrected chi connectivity index (χ4v) is 2.13. The molecule has 0 spiro atoms. The SMILES string of the molecule is Cc1nc(N2CC(C)OCC2C)ccc1Br. The number of nitrogens with zero attached hydrogens (tertiary/aromatic N) is 2. The summed E-state index contributed by atoms with van der Waals surface area (Å²) in [6.45, 7) is 7.98. The maximum atomic E-state index is 5.62.